The van der Waals surface area contributed by atoms with Gasteiger partial charge < -0.3 is 15.2 Å². The Morgan fingerprint density at radius 3 is 2.81 bits per heavy atom. The number of para-hydroxylation sites is 1. The molecule has 1 unspecified atom stereocenters. The normalized spacial score (nSPS) is 20.9. The quantitative estimate of drug-likeness (QED) is 0.897. The number of hydrogen-bond donors (Lipinski definition) is 2. The van der Waals surface area contributed by atoms with Crippen LogP contribution in [0.25, 0.3) is 5.70 Å². The predicted octanol–water partition coefficient (Wildman–Crippen LogP) is 2.94. The Hall–Kier alpha value is -2.01. The number of nitrogens with zero attached hydrogens (tertiary/aromatic N) is 1. The standard InChI is InChI=1S/C15H17ClN2O3/c1-9(2)21-13-10(5-4-6-11(13)16)12-7-8-17-15(3,18-12)14(19)20/h4-9,18H,1-3H3,(H,19,20). The molecular formula is C15H17ClN2O3. The molecule has 0 saturated heterocycles. The summed E-state index contributed by atoms with van der Waals surface area (Å²) in [6.45, 7) is 5.30. The molecule has 1 aromatic carbocycles. The Morgan fingerprint density at radius 1 is 1.48 bits per heavy atom. The van der Waals surface area contributed by atoms with Crippen LogP contribution in [0.4, 0.5) is 0 Å². The molecule has 0 aromatic heterocycles. The molecule has 0 bridgehead atoms. The van der Waals surface area contributed by atoms with E-state index in [2.05, 4.69) is 10.3 Å². The van der Waals surface area contributed by atoms with Crippen LogP contribution in [-0.4, -0.2) is 29.1 Å². The molecule has 0 fully saturated rings. The Kier molecular flexibility index (Phi) is 4.23. The highest BCUT2D eigenvalue weighted by Crippen LogP contribution is 2.34. The van der Waals surface area contributed by atoms with Crippen molar-refractivity contribution in [1.29, 1.82) is 0 Å². The van der Waals surface area contributed by atoms with Crippen molar-refractivity contribution in [3.05, 3.63) is 34.9 Å². The van der Waals surface area contributed by atoms with Crippen molar-refractivity contribution in [2.24, 2.45) is 4.99 Å². The second kappa shape index (κ2) is 5.77. The Morgan fingerprint density at radius 2 is 2.19 bits per heavy atom. The molecule has 2 N–H and O–H groups in total. The molecule has 0 amide bonds. The molecule has 1 heterocycles. The number of carbonyl (C=O) groups is 1. The van der Waals surface area contributed by atoms with E-state index in [-0.39, 0.29) is 6.10 Å². The molecule has 5 nitrogen and oxygen atoms in total. The monoisotopic (exact) mass is 308 g/mol. The lowest BCUT2D eigenvalue weighted by Gasteiger charge is -2.28. The third kappa shape index (κ3) is 3.19. The average Bonchev–Trinajstić information content (AvgIpc) is 2.40. The number of hydrogen-bond acceptors (Lipinski definition) is 4. The fourth-order valence-electron chi connectivity index (χ4n) is 1.94. The second-order valence-electron chi connectivity index (χ2n) is 5.14. The lowest BCUT2D eigenvalue weighted by molar-refractivity contribution is -0.143. The maximum absolute atomic E-state index is 11.3. The molecule has 0 aliphatic carbocycles. The molecule has 21 heavy (non-hydrogen) atoms. The minimum Gasteiger partial charge on any atom is -0.489 e. The number of carboxylic acids is 1. The molecule has 1 aromatic rings. The van der Waals surface area contributed by atoms with Gasteiger partial charge in [-0.1, -0.05) is 17.7 Å². The van der Waals surface area contributed by atoms with Crippen LogP contribution in [0.15, 0.2) is 29.3 Å². The zero-order valence-electron chi connectivity index (χ0n) is 12.1. The summed E-state index contributed by atoms with van der Waals surface area (Å²) in [5.41, 5.74) is -0.0931. The van der Waals surface area contributed by atoms with Gasteiger partial charge in [0.25, 0.3) is 0 Å². The molecule has 0 saturated carbocycles. The summed E-state index contributed by atoms with van der Waals surface area (Å²) in [5.74, 6) is -0.534. The summed E-state index contributed by atoms with van der Waals surface area (Å²) in [6.07, 6.45) is 3.12. The minimum absolute atomic E-state index is 0.0487. The largest absolute Gasteiger partial charge is 0.489 e. The molecule has 0 spiro atoms. The summed E-state index contributed by atoms with van der Waals surface area (Å²) in [6, 6.07) is 5.34. The van der Waals surface area contributed by atoms with Crippen molar-refractivity contribution in [1.82, 2.24) is 5.32 Å². The van der Waals surface area contributed by atoms with E-state index in [9.17, 15) is 9.90 Å². The van der Waals surface area contributed by atoms with Gasteiger partial charge in [0, 0.05) is 17.5 Å². The van der Waals surface area contributed by atoms with Crippen LogP contribution >= 0.6 is 11.6 Å². The number of ether oxygens (including phenoxy) is 1. The minimum atomic E-state index is -1.40. The predicted molar refractivity (Wildman–Crippen MR) is 82.9 cm³/mol. The van der Waals surface area contributed by atoms with E-state index in [0.29, 0.717) is 22.0 Å². The second-order valence-corrected chi connectivity index (χ2v) is 5.55. The number of aliphatic imine (C=N–C) groups is 1. The number of aliphatic carboxylic acids is 1. The van der Waals surface area contributed by atoms with Gasteiger partial charge in [-0.3, -0.25) is 4.99 Å². The Bertz CT molecular complexity index is 625. The van der Waals surface area contributed by atoms with E-state index < -0.39 is 11.6 Å². The lowest BCUT2D eigenvalue weighted by atomic mass is 10.1. The molecule has 1 aliphatic rings. The first-order chi connectivity index (χ1) is 9.83. The Labute approximate surface area is 128 Å². The maximum atomic E-state index is 11.3. The van der Waals surface area contributed by atoms with Gasteiger partial charge in [0.2, 0.25) is 5.66 Å². The molecule has 1 aliphatic heterocycles. The topological polar surface area (TPSA) is 70.9 Å². The summed E-state index contributed by atoms with van der Waals surface area (Å²) in [4.78, 5) is 15.3. The van der Waals surface area contributed by atoms with Crippen molar-refractivity contribution in [3.8, 4) is 5.75 Å². The van der Waals surface area contributed by atoms with E-state index in [4.69, 9.17) is 16.3 Å². The smallest absolute Gasteiger partial charge is 0.352 e. The van der Waals surface area contributed by atoms with Crippen molar-refractivity contribution >= 4 is 29.5 Å². The number of halogens is 1. The highest BCUT2D eigenvalue weighted by molar-refractivity contribution is 6.32. The third-order valence-corrected chi connectivity index (χ3v) is 3.28. The van der Waals surface area contributed by atoms with E-state index in [1.807, 2.05) is 19.9 Å². The first-order valence-corrected chi connectivity index (χ1v) is 6.94. The molecule has 6 heteroatoms. The van der Waals surface area contributed by atoms with Gasteiger partial charge in [-0.2, -0.15) is 0 Å². The van der Waals surface area contributed by atoms with Gasteiger partial charge in [0.1, 0.15) is 5.75 Å². The Balaban J connectivity index is 2.43. The third-order valence-electron chi connectivity index (χ3n) is 2.98. The lowest BCUT2D eigenvalue weighted by Crippen LogP contribution is -2.48. The van der Waals surface area contributed by atoms with Crippen LogP contribution in [0.3, 0.4) is 0 Å². The first-order valence-electron chi connectivity index (χ1n) is 6.56. The van der Waals surface area contributed by atoms with Gasteiger partial charge in [-0.05, 0) is 39.0 Å². The first kappa shape index (κ1) is 15.4. The van der Waals surface area contributed by atoms with Gasteiger partial charge in [0.05, 0.1) is 11.1 Å². The van der Waals surface area contributed by atoms with Gasteiger partial charge in [0.15, 0.2) is 0 Å². The van der Waals surface area contributed by atoms with Gasteiger partial charge in [-0.25, -0.2) is 4.79 Å². The number of benzene rings is 1. The molecular weight excluding hydrogens is 292 g/mol. The zero-order valence-corrected chi connectivity index (χ0v) is 12.8. The van der Waals surface area contributed by atoms with Crippen LogP contribution in [-0.2, 0) is 4.79 Å². The van der Waals surface area contributed by atoms with E-state index in [1.165, 1.54) is 13.1 Å². The van der Waals surface area contributed by atoms with Crippen LogP contribution in [0.5, 0.6) is 5.75 Å². The van der Waals surface area contributed by atoms with Gasteiger partial charge >= 0.3 is 5.97 Å². The molecule has 1 atom stereocenters. The SMILES string of the molecule is CC(C)Oc1c(Cl)cccc1C1=CC=NC(C)(C(=O)O)N1. The summed E-state index contributed by atoms with van der Waals surface area (Å²) in [7, 11) is 0. The fraction of sp³-hybridized carbons (Fsp3) is 0.333. The molecule has 112 valence electrons. The highest BCUT2D eigenvalue weighted by Gasteiger charge is 2.34. The van der Waals surface area contributed by atoms with Crippen LogP contribution in [0.2, 0.25) is 5.02 Å². The zero-order chi connectivity index (χ0) is 15.6. The molecule has 0 radical (unpaired) electrons. The average molecular weight is 309 g/mol. The summed E-state index contributed by atoms with van der Waals surface area (Å²) in [5, 5.41) is 12.7. The number of rotatable bonds is 4. The summed E-state index contributed by atoms with van der Waals surface area (Å²) >= 11 is 6.20. The highest BCUT2D eigenvalue weighted by atomic mass is 35.5. The van der Waals surface area contributed by atoms with Crippen molar-refractivity contribution in [2.45, 2.75) is 32.5 Å². The van der Waals surface area contributed by atoms with Crippen molar-refractivity contribution in [2.75, 3.05) is 0 Å². The number of nitrogens with one attached hydrogen (secondary N) is 1. The number of carboxylic acid groups (broad SMARTS) is 1. The van der Waals surface area contributed by atoms with Crippen molar-refractivity contribution < 1.29 is 14.6 Å². The summed E-state index contributed by atoms with van der Waals surface area (Å²) < 4.78 is 5.75. The van der Waals surface area contributed by atoms with E-state index in [0.717, 1.165) is 0 Å². The van der Waals surface area contributed by atoms with E-state index in [1.54, 1.807) is 18.2 Å². The fourth-order valence-corrected chi connectivity index (χ4v) is 2.16. The van der Waals surface area contributed by atoms with Crippen molar-refractivity contribution in [3.63, 3.8) is 0 Å². The number of allylic oxidation sites excluding steroid dienone is 1. The van der Waals surface area contributed by atoms with Crippen LogP contribution < -0.4 is 10.1 Å². The van der Waals surface area contributed by atoms with Gasteiger partial charge in [-0.15, -0.1) is 0 Å². The molecule has 2 rings (SSSR count). The van der Waals surface area contributed by atoms with Crippen LogP contribution in [0.1, 0.15) is 26.3 Å². The maximum Gasteiger partial charge on any atom is 0.352 e. The van der Waals surface area contributed by atoms with Crippen LogP contribution in [0, 0.1) is 0 Å². The van der Waals surface area contributed by atoms with E-state index >= 15 is 0 Å².